The van der Waals surface area contributed by atoms with Gasteiger partial charge in [-0.3, -0.25) is 9.59 Å². The average Bonchev–Trinajstić information content (AvgIpc) is 2.13. The zero-order chi connectivity index (χ0) is 8.72. The number of hydrogen-bond donors (Lipinski definition) is 0. The van der Waals surface area contributed by atoms with E-state index in [2.05, 4.69) is 0 Å². The largest absolute Gasteiger partial charge is 0.298 e. The summed E-state index contributed by atoms with van der Waals surface area (Å²) in [7, 11) is 0. The molecule has 0 aromatic carbocycles. The zero-order valence-corrected chi connectivity index (χ0v) is 7.89. The first-order valence-corrected chi connectivity index (χ1v) is 5.32. The molecule has 66 valence electrons. The second-order valence-corrected chi connectivity index (χ2v) is 5.00. The van der Waals surface area contributed by atoms with Crippen LogP contribution in [0, 0.1) is 11.8 Å². The SMILES string of the molecule is CC1SC(=O)C(C2CCC2)C1=O. The Hall–Kier alpha value is -0.310. The Kier molecular flexibility index (Phi) is 1.99. The Morgan fingerprint density at radius 2 is 2.00 bits per heavy atom. The number of carbonyl (C=O) groups is 2. The van der Waals surface area contributed by atoms with Crippen LogP contribution in [0.2, 0.25) is 0 Å². The molecule has 0 bridgehead atoms. The Bertz CT molecular complexity index is 233. The number of ketones is 1. The molecule has 0 radical (unpaired) electrons. The summed E-state index contributed by atoms with van der Waals surface area (Å²) >= 11 is 1.23. The van der Waals surface area contributed by atoms with E-state index >= 15 is 0 Å². The highest BCUT2D eigenvalue weighted by Crippen LogP contribution is 2.42. The van der Waals surface area contributed by atoms with E-state index in [4.69, 9.17) is 0 Å². The fraction of sp³-hybridized carbons (Fsp3) is 0.778. The van der Waals surface area contributed by atoms with Crippen LogP contribution < -0.4 is 0 Å². The van der Waals surface area contributed by atoms with Gasteiger partial charge in [0.25, 0.3) is 0 Å². The minimum absolute atomic E-state index is 0.0805. The number of hydrogen-bond acceptors (Lipinski definition) is 3. The smallest absolute Gasteiger partial charge is 0.200 e. The lowest BCUT2D eigenvalue weighted by molar-refractivity contribution is -0.129. The van der Waals surface area contributed by atoms with Gasteiger partial charge in [0.15, 0.2) is 10.9 Å². The molecule has 0 aromatic heterocycles. The predicted octanol–water partition coefficient (Wildman–Crippen LogP) is 1.63. The lowest BCUT2D eigenvalue weighted by Crippen LogP contribution is -2.31. The molecule has 0 aromatic rings. The van der Waals surface area contributed by atoms with Crippen molar-refractivity contribution in [1.82, 2.24) is 0 Å². The van der Waals surface area contributed by atoms with Crippen molar-refractivity contribution in [2.24, 2.45) is 11.8 Å². The molecule has 2 fully saturated rings. The summed E-state index contributed by atoms with van der Waals surface area (Å²) in [5.41, 5.74) is 0. The van der Waals surface area contributed by atoms with Crippen molar-refractivity contribution < 1.29 is 9.59 Å². The third-order valence-corrected chi connectivity index (χ3v) is 3.95. The summed E-state index contributed by atoms with van der Waals surface area (Å²) in [6, 6.07) is 0. The van der Waals surface area contributed by atoms with E-state index in [1.54, 1.807) is 0 Å². The standard InChI is InChI=1S/C9H12O2S/c1-5-8(10)7(9(11)12-5)6-3-2-4-6/h5-7H,2-4H2,1H3. The monoisotopic (exact) mass is 184 g/mol. The van der Waals surface area contributed by atoms with Gasteiger partial charge >= 0.3 is 0 Å². The zero-order valence-electron chi connectivity index (χ0n) is 7.08. The van der Waals surface area contributed by atoms with Crippen LogP contribution in [-0.2, 0) is 9.59 Å². The topological polar surface area (TPSA) is 34.1 Å². The molecule has 2 rings (SSSR count). The van der Waals surface area contributed by atoms with Crippen LogP contribution >= 0.6 is 11.8 Å². The van der Waals surface area contributed by atoms with Gasteiger partial charge in [-0.1, -0.05) is 18.2 Å². The van der Waals surface area contributed by atoms with Crippen molar-refractivity contribution in [2.45, 2.75) is 31.4 Å². The Balaban J connectivity index is 2.12. The molecule has 2 nitrogen and oxygen atoms in total. The first kappa shape index (κ1) is 8.30. The van der Waals surface area contributed by atoms with Gasteiger partial charge < -0.3 is 0 Å². The molecule has 2 aliphatic rings. The van der Waals surface area contributed by atoms with Gasteiger partial charge in [-0.25, -0.2) is 0 Å². The van der Waals surface area contributed by atoms with E-state index in [1.807, 2.05) is 6.92 Å². The molecule has 2 unspecified atom stereocenters. The summed E-state index contributed by atoms with van der Waals surface area (Å²) in [4.78, 5) is 22.9. The molecule has 0 N–H and O–H groups in total. The quantitative estimate of drug-likeness (QED) is 0.581. The minimum atomic E-state index is -0.237. The van der Waals surface area contributed by atoms with Crippen molar-refractivity contribution >= 4 is 22.7 Å². The fourth-order valence-electron chi connectivity index (χ4n) is 1.87. The maximum atomic E-state index is 11.5. The molecule has 1 saturated heterocycles. The third-order valence-electron chi connectivity index (χ3n) is 2.88. The molecule has 1 aliphatic heterocycles. The van der Waals surface area contributed by atoms with Crippen LogP contribution in [0.3, 0.4) is 0 Å². The second kappa shape index (κ2) is 2.87. The van der Waals surface area contributed by atoms with E-state index in [9.17, 15) is 9.59 Å². The van der Waals surface area contributed by atoms with E-state index in [0.717, 1.165) is 12.8 Å². The number of Topliss-reactive ketones (excluding diaryl/α,β-unsaturated/α-hetero) is 1. The highest BCUT2D eigenvalue weighted by atomic mass is 32.2. The first-order valence-electron chi connectivity index (χ1n) is 4.44. The van der Waals surface area contributed by atoms with E-state index < -0.39 is 0 Å². The molecule has 0 spiro atoms. The van der Waals surface area contributed by atoms with E-state index in [0.29, 0.717) is 5.92 Å². The maximum Gasteiger partial charge on any atom is 0.200 e. The first-order chi connectivity index (χ1) is 5.70. The summed E-state index contributed by atoms with van der Waals surface area (Å²) in [6.07, 6.45) is 3.35. The average molecular weight is 184 g/mol. The fourth-order valence-corrected chi connectivity index (χ4v) is 2.94. The van der Waals surface area contributed by atoms with Crippen molar-refractivity contribution in [3.8, 4) is 0 Å². The van der Waals surface area contributed by atoms with Gasteiger partial charge in [0, 0.05) is 0 Å². The molecule has 2 atom stereocenters. The van der Waals surface area contributed by atoms with Gasteiger partial charge in [0.1, 0.15) is 0 Å². The molecule has 0 amide bonds. The maximum absolute atomic E-state index is 11.5. The van der Waals surface area contributed by atoms with Gasteiger partial charge in [-0.05, 0) is 25.7 Å². The van der Waals surface area contributed by atoms with Gasteiger partial charge in [0.05, 0.1) is 11.2 Å². The Morgan fingerprint density at radius 1 is 1.33 bits per heavy atom. The van der Waals surface area contributed by atoms with E-state index in [-0.39, 0.29) is 22.1 Å². The van der Waals surface area contributed by atoms with Crippen LogP contribution in [0.15, 0.2) is 0 Å². The Labute approximate surface area is 76.1 Å². The van der Waals surface area contributed by atoms with Gasteiger partial charge in [0.2, 0.25) is 0 Å². The third kappa shape index (κ3) is 1.11. The summed E-state index contributed by atoms with van der Waals surface area (Å²) in [5.74, 6) is 0.330. The van der Waals surface area contributed by atoms with Crippen molar-refractivity contribution in [2.75, 3.05) is 0 Å². The minimum Gasteiger partial charge on any atom is -0.298 e. The Morgan fingerprint density at radius 3 is 2.33 bits per heavy atom. The molecular formula is C9H12O2S. The van der Waals surface area contributed by atoms with Crippen LogP contribution in [0.25, 0.3) is 0 Å². The lowest BCUT2D eigenvalue weighted by Gasteiger charge is -2.28. The van der Waals surface area contributed by atoms with Crippen molar-refractivity contribution in [3.05, 3.63) is 0 Å². The normalized spacial score (nSPS) is 37.1. The summed E-state index contributed by atoms with van der Waals surface area (Å²) in [6.45, 7) is 1.84. The highest BCUT2D eigenvalue weighted by molar-refractivity contribution is 8.15. The van der Waals surface area contributed by atoms with Crippen LogP contribution in [-0.4, -0.2) is 16.1 Å². The van der Waals surface area contributed by atoms with Crippen LogP contribution in [0.4, 0.5) is 0 Å². The number of carbonyl (C=O) groups excluding carboxylic acids is 2. The molecule has 1 saturated carbocycles. The molecule has 3 heteroatoms. The lowest BCUT2D eigenvalue weighted by atomic mass is 9.74. The molecule has 1 heterocycles. The molecule has 12 heavy (non-hydrogen) atoms. The van der Waals surface area contributed by atoms with Gasteiger partial charge in [-0.15, -0.1) is 0 Å². The van der Waals surface area contributed by atoms with Crippen LogP contribution in [0.1, 0.15) is 26.2 Å². The summed E-state index contributed by atoms with van der Waals surface area (Å²) < 4.78 is 0. The second-order valence-electron chi connectivity index (χ2n) is 3.65. The van der Waals surface area contributed by atoms with Gasteiger partial charge in [-0.2, -0.15) is 0 Å². The molecule has 1 aliphatic carbocycles. The number of rotatable bonds is 1. The molecular weight excluding hydrogens is 172 g/mol. The van der Waals surface area contributed by atoms with Crippen molar-refractivity contribution in [3.63, 3.8) is 0 Å². The van der Waals surface area contributed by atoms with E-state index in [1.165, 1.54) is 18.2 Å². The predicted molar refractivity (Wildman–Crippen MR) is 47.9 cm³/mol. The number of thioether (sulfide) groups is 1. The van der Waals surface area contributed by atoms with Crippen molar-refractivity contribution in [1.29, 1.82) is 0 Å². The highest BCUT2D eigenvalue weighted by Gasteiger charge is 2.45. The summed E-state index contributed by atoms with van der Waals surface area (Å²) in [5, 5.41) is 0.0419. The van der Waals surface area contributed by atoms with Crippen LogP contribution in [0.5, 0.6) is 0 Å².